The molecule has 5 rings (SSSR count). The van der Waals surface area contributed by atoms with Crippen molar-refractivity contribution in [1.29, 1.82) is 0 Å². The zero-order chi connectivity index (χ0) is 22.1. The standard InChI is InChI=1S/C22H20Cl2N6O2/c1-13(20-15(23)11-25-12-16(20)24)32-19-5-3-17-22(27-19)21(29-28-17)14-2-4-18(26-10-14)30-6-8-31-9-7-30/h2-5,10-13H,6-9H2,1H3,(H,28,29)/t13-/m1/s1. The summed E-state index contributed by atoms with van der Waals surface area (Å²) in [4.78, 5) is 15.5. The van der Waals surface area contributed by atoms with Gasteiger partial charge in [0.1, 0.15) is 23.1 Å². The van der Waals surface area contributed by atoms with Crippen molar-refractivity contribution in [2.45, 2.75) is 13.0 Å². The van der Waals surface area contributed by atoms with Crippen molar-refractivity contribution in [1.82, 2.24) is 25.1 Å². The number of ether oxygens (including phenoxy) is 2. The van der Waals surface area contributed by atoms with Gasteiger partial charge in [-0.3, -0.25) is 10.1 Å². The van der Waals surface area contributed by atoms with E-state index in [2.05, 4.69) is 30.0 Å². The third kappa shape index (κ3) is 4.09. The van der Waals surface area contributed by atoms with Gasteiger partial charge in [0.2, 0.25) is 5.88 Å². The molecule has 1 aliphatic rings. The summed E-state index contributed by atoms with van der Waals surface area (Å²) in [5, 5.41) is 8.36. The average Bonchev–Trinajstić information content (AvgIpc) is 3.23. The predicted octanol–water partition coefficient (Wildman–Crippen LogP) is 4.70. The van der Waals surface area contributed by atoms with Gasteiger partial charge >= 0.3 is 0 Å². The highest BCUT2D eigenvalue weighted by atomic mass is 35.5. The molecule has 0 unspecified atom stereocenters. The van der Waals surface area contributed by atoms with Crippen molar-refractivity contribution in [3.63, 3.8) is 0 Å². The summed E-state index contributed by atoms with van der Waals surface area (Å²) in [6.07, 6.45) is 4.49. The van der Waals surface area contributed by atoms with Crippen molar-refractivity contribution >= 4 is 40.1 Å². The average molecular weight is 471 g/mol. The molecule has 5 heterocycles. The topological polar surface area (TPSA) is 89.0 Å². The molecule has 1 fully saturated rings. The van der Waals surface area contributed by atoms with E-state index in [0.29, 0.717) is 45.9 Å². The van der Waals surface area contributed by atoms with E-state index in [-0.39, 0.29) is 0 Å². The van der Waals surface area contributed by atoms with Crippen molar-refractivity contribution in [2.75, 3.05) is 31.2 Å². The van der Waals surface area contributed by atoms with Gasteiger partial charge in [-0.05, 0) is 25.1 Å². The number of H-pyrrole nitrogens is 1. The van der Waals surface area contributed by atoms with Crippen LogP contribution in [0.2, 0.25) is 10.0 Å². The molecule has 4 aromatic rings. The van der Waals surface area contributed by atoms with Crippen LogP contribution in [0.5, 0.6) is 5.88 Å². The molecule has 0 saturated carbocycles. The molecule has 1 atom stereocenters. The molecular formula is C22H20Cl2N6O2. The maximum Gasteiger partial charge on any atom is 0.214 e. The molecule has 0 radical (unpaired) electrons. The van der Waals surface area contributed by atoms with Gasteiger partial charge in [0.25, 0.3) is 0 Å². The van der Waals surface area contributed by atoms with Crippen LogP contribution in [-0.2, 0) is 4.74 Å². The number of aromatic nitrogens is 5. The van der Waals surface area contributed by atoms with E-state index >= 15 is 0 Å². The van der Waals surface area contributed by atoms with Crippen LogP contribution < -0.4 is 9.64 Å². The third-order valence-corrected chi connectivity index (χ3v) is 5.94. The molecular weight excluding hydrogens is 451 g/mol. The second-order valence-corrected chi connectivity index (χ2v) is 8.21. The molecule has 0 amide bonds. The van der Waals surface area contributed by atoms with Crippen molar-refractivity contribution in [2.24, 2.45) is 0 Å². The number of nitrogens with one attached hydrogen (secondary N) is 1. The highest BCUT2D eigenvalue weighted by Gasteiger charge is 2.18. The molecule has 164 valence electrons. The molecule has 0 aromatic carbocycles. The zero-order valence-corrected chi connectivity index (χ0v) is 18.8. The first-order valence-corrected chi connectivity index (χ1v) is 11.0. The van der Waals surface area contributed by atoms with E-state index in [1.165, 1.54) is 0 Å². The Hall–Kier alpha value is -2.94. The molecule has 10 heteroatoms. The maximum atomic E-state index is 6.26. The van der Waals surface area contributed by atoms with Crippen LogP contribution >= 0.6 is 23.2 Å². The Labute approximate surface area is 194 Å². The summed E-state index contributed by atoms with van der Waals surface area (Å²) in [5.41, 5.74) is 3.74. The maximum absolute atomic E-state index is 6.26. The summed E-state index contributed by atoms with van der Waals surface area (Å²) in [6, 6.07) is 7.66. The molecule has 0 bridgehead atoms. The highest BCUT2D eigenvalue weighted by molar-refractivity contribution is 6.35. The number of morpholine rings is 1. The van der Waals surface area contributed by atoms with Crippen LogP contribution in [0.3, 0.4) is 0 Å². The molecule has 0 aliphatic carbocycles. The predicted molar refractivity (Wildman–Crippen MR) is 123 cm³/mol. The SMILES string of the molecule is C[C@@H](Oc1ccc2[nH]nc(-c3ccc(N4CCOCC4)nc3)c2n1)c1c(Cl)cncc1Cl. The lowest BCUT2D eigenvalue weighted by molar-refractivity contribution is 0.122. The zero-order valence-electron chi connectivity index (χ0n) is 17.3. The minimum atomic E-state index is -0.409. The monoisotopic (exact) mass is 470 g/mol. The largest absolute Gasteiger partial charge is 0.470 e. The number of anilines is 1. The van der Waals surface area contributed by atoms with Crippen LogP contribution in [0, 0.1) is 0 Å². The molecule has 0 spiro atoms. The second kappa shape index (κ2) is 8.90. The van der Waals surface area contributed by atoms with Gasteiger partial charge in [0.05, 0.1) is 28.8 Å². The molecule has 32 heavy (non-hydrogen) atoms. The lowest BCUT2D eigenvalue weighted by atomic mass is 10.1. The first kappa shape index (κ1) is 20.9. The summed E-state index contributed by atoms with van der Waals surface area (Å²) < 4.78 is 11.5. The Bertz CT molecular complexity index is 1220. The van der Waals surface area contributed by atoms with Gasteiger partial charge in [-0.1, -0.05) is 23.2 Å². The fourth-order valence-corrected chi connectivity index (χ4v) is 4.38. The number of hydrogen-bond donors (Lipinski definition) is 1. The van der Waals surface area contributed by atoms with Gasteiger partial charge in [0, 0.05) is 48.9 Å². The van der Waals surface area contributed by atoms with E-state index in [1.807, 2.05) is 31.3 Å². The first-order valence-electron chi connectivity index (χ1n) is 10.2. The summed E-state index contributed by atoms with van der Waals surface area (Å²) in [6.45, 7) is 4.97. The van der Waals surface area contributed by atoms with Crippen LogP contribution in [0.4, 0.5) is 5.82 Å². The molecule has 1 saturated heterocycles. The molecule has 8 nitrogen and oxygen atoms in total. The lowest BCUT2D eigenvalue weighted by Crippen LogP contribution is -2.36. The fourth-order valence-electron chi connectivity index (χ4n) is 3.70. The van der Waals surface area contributed by atoms with Crippen molar-refractivity contribution in [3.8, 4) is 17.1 Å². The Morgan fingerprint density at radius 3 is 2.56 bits per heavy atom. The molecule has 1 aliphatic heterocycles. The number of pyridine rings is 3. The number of fused-ring (bicyclic) bond motifs is 1. The summed E-state index contributed by atoms with van der Waals surface area (Å²) in [7, 11) is 0. The van der Waals surface area contributed by atoms with Gasteiger partial charge in [-0.25, -0.2) is 9.97 Å². The highest BCUT2D eigenvalue weighted by Crippen LogP contribution is 2.33. The van der Waals surface area contributed by atoms with Crippen molar-refractivity contribution < 1.29 is 9.47 Å². The van der Waals surface area contributed by atoms with Gasteiger partial charge in [-0.2, -0.15) is 5.10 Å². The number of nitrogens with zero attached hydrogens (tertiary/aromatic N) is 5. The fraction of sp³-hybridized carbons (Fsp3) is 0.273. The van der Waals surface area contributed by atoms with Crippen LogP contribution in [0.1, 0.15) is 18.6 Å². The Kier molecular flexibility index (Phi) is 5.82. The number of halogens is 2. The summed E-state index contributed by atoms with van der Waals surface area (Å²) in [5.74, 6) is 1.36. The number of hydrogen-bond acceptors (Lipinski definition) is 7. The van der Waals surface area contributed by atoms with E-state index in [0.717, 1.165) is 30.0 Å². The smallest absolute Gasteiger partial charge is 0.214 e. The molecule has 4 aromatic heterocycles. The third-order valence-electron chi connectivity index (χ3n) is 5.33. The molecule has 1 N–H and O–H groups in total. The van der Waals surface area contributed by atoms with E-state index in [4.69, 9.17) is 32.7 Å². The lowest BCUT2D eigenvalue weighted by Gasteiger charge is -2.27. The van der Waals surface area contributed by atoms with Gasteiger partial charge < -0.3 is 14.4 Å². The Morgan fingerprint density at radius 2 is 1.84 bits per heavy atom. The number of aromatic amines is 1. The first-order chi connectivity index (χ1) is 15.6. The van der Waals surface area contributed by atoms with Crippen LogP contribution in [0.15, 0.2) is 42.9 Å². The minimum Gasteiger partial charge on any atom is -0.470 e. The van der Waals surface area contributed by atoms with Crippen molar-refractivity contribution in [3.05, 3.63) is 58.5 Å². The minimum absolute atomic E-state index is 0.409. The van der Waals surface area contributed by atoms with E-state index in [1.54, 1.807) is 18.5 Å². The van der Waals surface area contributed by atoms with Gasteiger partial charge in [0.15, 0.2) is 0 Å². The normalized spacial score (nSPS) is 15.2. The summed E-state index contributed by atoms with van der Waals surface area (Å²) >= 11 is 12.5. The second-order valence-electron chi connectivity index (χ2n) is 7.40. The Balaban J connectivity index is 1.41. The van der Waals surface area contributed by atoms with Crippen LogP contribution in [0.25, 0.3) is 22.3 Å². The quantitative estimate of drug-likeness (QED) is 0.452. The van der Waals surface area contributed by atoms with Gasteiger partial charge in [-0.15, -0.1) is 0 Å². The van der Waals surface area contributed by atoms with E-state index in [9.17, 15) is 0 Å². The Morgan fingerprint density at radius 1 is 1.06 bits per heavy atom. The van der Waals surface area contributed by atoms with Crippen LogP contribution in [-0.4, -0.2) is 51.5 Å². The van der Waals surface area contributed by atoms with E-state index < -0.39 is 6.10 Å². The number of rotatable bonds is 5.